The topological polar surface area (TPSA) is 76.7 Å². The number of rotatable bonds is 4. The van der Waals surface area contributed by atoms with Crippen molar-refractivity contribution in [3.63, 3.8) is 0 Å². The molecule has 0 atom stereocenters. The van der Waals surface area contributed by atoms with Crippen molar-refractivity contribution < 1.29 is 18.7 Å². The summed E-state index contributed by atoms with van der Waals surface area (Å²) in [7, 11) is 1.95. The van der Waals surface area contributed by atoms with E-state index in [0.717, 1.165) is 16.5 Å². The van der Waals surface area contributed by atoms with Gasteiger partial charge in [-0.3, -0.25) is 9.59 Å². The normalized spacial score (nSPS) is 15.0. The Balaban J connectivity index is 1.71. The summed E-state index contributed by atoms with van der Waals surface area (Å²) < 4.78 is 12.5. The second-order valence-electron chi connectivity index (χ2n) is 6.61. The molecule has 2 aromatic heterocycles. The fraction of sp³-hybridized carbons (Fsp3) is 0.238. The third-order valence-electron chi connectivity index (χ3n) is 4.75. The molecule has 3 aromatic rings. The van der Waals surface area contributed by atoms with E-state index in [0.29, 0.717) is 26.3 Å². The summed E-state index contributed by atoms with van der Waals surface area (Å²) in [6, 6.07) is 11.1. The molecule has 0 aliphatic carbocycles. The zero-order chi connectivity index (χ0) is 19.5. The lowest BCUT2D eigenvalue weighted by molar-refractivity contribution is -0.131. The first-order chi connectivity index (χ1) is 13.6. The zero-order valence-electron chi connectivity index (χ0n) is 15.6. The number of hydrogen-bond donors (Lipinski definition) is 1. The highest BCUT2D eigenvalue weighted by atomic mass is 16.5. The molecule has 0 spiro atoms. The molecule has 0 bridgehead atoms. The number of nitrogens with zero attached hydrogens (tertiary/aromatic N) is 2. The Hall–Kier alpha value is -3.32. The molecular weight excluding hydrogens is 358 g/mol. The summed E-state index contributed by atoms with van der Waals surface area (Å²) in [4.78, 5) is 27.3. The second kappa shape index (κ2) is 7.74. The Kier molecular flexibility index (Phi) is 4.99. The Labute approximate surface area is 162 Å². The molecule has 4 rings (SSSR count). The van der Waals surface area contributed by atoms with Gasteiger partial charge in [0.25, 0.3) is 11.8 Å². The number of aromatic nitrogens is 1. The van der Waals surface area contributed by atoms with Crippen molar-refractivity contribution in [1.82, 2.24) is 14.8 Å². The second-order valence-corrected chi connectivity index (χ2v) is 6.61. The quantitative estimate of drug-likeness (QED) is 0.707. The minimum Gasteiger partial charge on any atom is -0.459 e. The van der Waals surface area contributed by atoms with Crippen molar-refractivity contribution in [3.05, 3.63) is 65.9 Å². The lowest BCUT2D eigenvalue weighted by Crippen LogP contribution is -2.44. The Bertz CT molecular complexity index is 1030. The molecule has 2 amide bonds. The van der Waals surface area contributed by atoms with Crippen molar-refractivity contribution in [2.45, 2.75) is 0 Å². The molecule has 1 N–H and O–H groups in total. The predicted molar refractivity (Wildman–Crippen MR) is 104 cm³/mol. The fourth-order valence-corrected chi connectivity index (χ4v) is 3.32. The van der Waals surface area contributed by atoms with Gasteiger partial charge in [-0.25, -0.2) is 0 Å². The number of benzene rings is 1. The van der Waals surface area contributed by atoms with Crippen LogP contribution in [0.1, 0.15) is 16.1 Å². The zero-order valence-corrected chi connectivity index (χ0v) is 15.6. The SMILES string of the molecule is Cn1cc(C=C(NC(=O)c2ccco2)C(=O)N2CCOCC2)c2ccccc21. The van der Waals surface area contributed by atoms with E-state index < -0.39 is 5.91 Å². The first-order valence-electron chi connectivity index (χ1n) is 9.11. The van der Waals surface area contributed by atoms with E-state index in [1.165, 1.54) is 6.26 Å². The van der Waals surface area contributed by atoms with Crippen LogP contribution < -0.4 is 5.32 Å². The molecule has 3 heterocycles. The largest absolute Gasteiger partial charge is 0.459 e. The number of para-hydroxylation sites is 1. The lowest BCUT2D eigenvalue weighted by Gasteiger charge is -2.27. The van der Waals surface area contributed by atoms with Crippen LogP contribution in [0, 0.1) is 0 Å². The predicted octanol–water partition coefficient (Wildman–Crippen LogP) is 2.40. The number of furan rings is 1. The Morgan fingerprint density at radius 2 is 1.89 bits per heavy atom. The number of fused-ring (bicyclic) bond motifs is 1. The van der Waals surface area contributed by atoms with E-state index in [-0.39, 0.29) is 17.4 Å². The monoisotopic (exact) mass is 379 g/mol. The average molecular weight is 379 g/mol. The van der Waals surface area contributed by atoms with Gasteiger partial charge >= 0.3 is 0 Å². The maximum Gasteiger partial charge on any atom is 0.291 e. The molecule has 1 fully saturated rings. The van der Waals surface area contributed by atoms with Crippen molar-refractivity contribution in [2.24, 2.45) is 7.05 Å². The highest BCUT2D eigenvalue weighted by Crippen LogP contribution is 2.23. The number of amides is 2. The summed E-state index contributed by atoms with van der Waals surface area (Å²) in [5.74, 6) is -0.548. The highest BCUT2D eigenvalue weighted by molar-refractivity contribution is 6.05. The van der Waals surface area contributed by atoms with E-state index in [1.54, 1.807) is 23.1 Å². The first-order valence-corrected chi connectivity index (χ1v) is 9.11. The minimum atomic E-state index is -0.460. The summed E-state index contributed by atoms with van der Waals surface area (Å²) in [6.45, 7) is 1.95. The van der Waals surface area contributed by atoms with Gasteiger partial charge in [0.2, 0.25) is 0 Å². The summed E-state index contributed by atoms with van der Waals surface area (Å²) in [5.41, 5.74) is 2.11. The van der Waals surface area contributed by atoms with Gasteiger partial charge in [-0.1, -0.05) is 18.2 Å². The number of carbonyl (C=O) groups is 2. The van der Waals surface area contributed by atoms with E-state index in [4.69, 9.17) is 9.15 Å². The summed E-state index contributed by atoms with van der Waals surface area (Å²) in [6.07, 6.45) is 5.09. The van der Waals surface area contributed by atoms with Crippen LogP contribution in [0.4, 0.5) is 0 Å². The van der Waals surface area contributed by atoms with Gasteiger partial charge in [-0.2, -0.15) is 0 Å². The van der Waals surface area contributed by atoms with Crippen LogP contribution in [-0.4, -0.2) is 47.6 Å². The van der Waals surface area contributed by atoms with Crippen molar-refractivity contribution in [1.29, 1.82) is 0 Å². The first kappa shape index (κ1) is 18.1. The number of ether oxygens (including phenoxy) is 1. The van der Waals surface area contributed by atoms with E-state index in [9.17, 15) is 9.59 Å². The van der Waals surface area contributed by atoms with E-state index in [1.807, 2.05) is 42.1 Å². The van der Waals surface area contributed by atoms with Gasteiger partial charge in [0.15, 0.2) is 5.76 Å². The molecule has 7 heteroatoms. The van der Waals surface area contributed by atoms with E-state index >= 15 is 0 Å². The average Bonchev–Trinajstić information content (AvgIpc) is 3.37. The maximum atomic E-state index is 13.1. The summed E-state index contributed by atoms with van der Waals surface area (Å²) >= 11 is 0. The summed E-state index contributed by atoms with van der Waals surface area (Å²) in [5, 5.41) is 3.73. The van der Waals surface area contributed by atoms with Crippen molar-refractivity contribution in [3.8, 4) is 0 Å². The van der Waals surface area contributed by atoms with Gasteiger partial charge in [0, 0.05) is 42.8 Å². The highest BCUT2D eigenvalue weighted by Gasteiger charge is 2.23. The lowest BCUT2D eigenvalue weighted by atomic mass is 10.1. The van der Waals surface area contributed by atoms with Gasteiger partial charge in [0.1, 0.15) is 5.70 Å². The molecule has 0 radical (unpaired) electrons. The Morgan fingerprint density at radius 1 is 1.11 bits per heavy atom. The molecule has 28 heavy (non-hydrogen) atoms. The van der Waals surface area contributed by atoms with Crippen molar-refractivity contribution >= 4 is 28.8 Å². The maximum absolute atomic E-state index is 13.1. The molecule has 1 aliphatic rings. The van der Waals surface area contributed by atoms with Crippen LogP contribution in [0.5, 0.6) is 0 Å². The van der Waals surface area contributed by atoms with Crippen LogP contribution >= 0.6 is 0 Å². The number of morpholine rings is 1. The molecule has 1 aromatic carbocycles. The van der Waals surface area contributed by atoms with Crippen molar-refractivity contribution in [2.75, 3.05) is 26.3 Å². The molecule has 0 unspecified atom stereocenters. The van der Waals surface area contributed by atoms with Gasteiger partial charge in [-0.05, 0) is 24.3 Å². The number of nitrogens with one attached hydrogen (secondary N) is 1. The molecule has 1 aliphatic heterocycles. The van der Waals surface area contributed by atoms with Crippen LogP contribution in [-0.2, 0) is 16.6 Å². The third-order valence-corrected chi connectivity index (χ3v) is 4.75. The smallest absolute Gasteiger partial charge is 0.291 e. The standard InChI is InChI=1S/C21H21N3O4/c1-23-14-15(16-5-2-3-6-18(16)23)13-17(21(26)24-8-11-27-12-9-24)22-20(25)19-7-4-10-28-19/h2-7,10,13-14H,8-9,11-12H2,1H3,(H,22,25). The number of hydrogen-bond acceptors (Lipinski definition) is 4. The fourth-order valence-electron chi connectivity index (χ4n) is 3.32. The van der Waals surface area contributed by atoms with Crippen LogP contribution in [0.2, 0.25) is 0 Å². The molecule has 0 saturated carbocycles. The molecule has 7 nitrogen and oxygen atoms in total. The third kappa shape index (κ3) is 3.57. The Morgan fingerprint density at radius 3 is 2.64 bits per heavy atom. The molecule has 1 saturated heterocycles. The van der Waals surface area contributed by atoms with Gasteiger partial charge in [-0.15, -0.1) is 0 Å². The van der Waals surface area contributed by atoms with Crippen LogP contribution in [0.15, 0.2) is 59.0 Å². The van der Waals surface area contributed by atoms with E-state index in [2.05, 4.69) is 5.32 Å². The van der Waals surface area contributed by atoms with Gasteiger partial charge in [0.05, 0.1) is 19.5 Å². The molecular formula is C21H21N3O4. The van der Waals surface area contributed by atoms with Crippen LogP contribution in [0.3, 0.4) is 0 Å². The van der Waals surface area contributed by atoms with Gasteiger partial charge < -0.3 is 23.9 Å². The number of aryl methyl sites for hydroxylation is 1. The number of carbonyl (C=O) groups excluding carboxylic acids is 2. The minimum absolute atomic E-state index is 0.151. The molecule has 144 valence electrons. The van der Waals surface area contributed by atoms with Crippen LogP contribution in [0.25, 0.3) is 17.0 Å².